The van der Waals surface area contributed by atoms with E-state index >= 15 is 0 Å². The molecule has 2 aromatic carbocycles. The molecule has 1 heterocycles. The number of alkyl halides is 3. The summed E-state index contributed by atoms with van der Waals surface area (Å²) in [6.45, 7) is 0. The maximum Gasteiger partial charge on any atom is 0.418 e. The quantitative estimate of drug-likeness (QED) is 0.854. The van der Waals surface area contributed by atoms with Crippen molar-refractivity contribution in [3.63, 3.8) is 0 Å². The summed E-state index contributed by atoms with van der Waals surface area (Å²) in [5.74, 6) is -0.379. The minimum Gasteiger partial charge on any atom is -0.356 e. The Morgan fingerprint density at radius 2 is 1.74 bits per heavy atom. The smallest absolute Gasteiger partial charge is 0.356 e. The Morgan fingerprint density at radius 3 is 2.48 bits per heavy atom. The summed E-state index contributed by atoms with van der Waals surface area (Å²) in [4.78, 5) is 13.1. The molecule has 7 heteroatoms. The molecule has 4 nitrogen and oxygen atoms in total. The number of amides is 1. The van der Waals surface area contributed by atoms with Gasteiger partial charge in [-0.1, -0.05) is 30.3 Å². The molecule has 0 bridgehead atoms. The number of nitrogens with one attached hydrogen (secondary N) is 1. The van der Waals surface area contributed by atoms with Gasteiger partial charge in [-0.15, -0.1) is 0 Å². The summed E-state index contributed by atoms with van der Waals surface area (Å²) in [5.41, 5.74) is 0.0214. The number of para-hydroxylation sites is 2. The van der Waals surface area contributed by atoms with Crippen LogP contribution in [0.2, 0.25) is 0 Å². The van der Waals surface area contributed by atoms with Gasteiger partial charge in [-0.3, -0.25) is 9.69 Å². The fourth-order valence-electron chi connectivity index (χ4n) is 2.61. The van der Waals surface area contributed by atoms with Gasteiger partial charge in [0.2, 0.25) is 12.3 Å². The van der Waals surface area contributed by atoms with Crippen LogP contribution < -0.4 is 10.2 Å². The number of halogens is 3. The zero-order valence-corrected chi connectivity index (χ0v) is 11.8. The summed E-state index contributed by atoms with van der Waals surface area (Å²) in [5, 5.41) is 12.6. The summed E-state index contributed by atoms with van der Waals surface area (Å²) < 4.78 is 39.0. The van der Waals surface area contributed by atoms with Gasteiger partial charge in [0, 0.05) is 5.69 Å². The van der Waals surface area contributed by atoms with Crippen LogP contribution in [-0.4, -0.2) is 17.4 Å². The maximum absolute atomic E-state index is 13.0. The van der Waals surface area contributed by atoms with Gasteiger partial charge in [0.25, 0.3) is 0 Å². The molecule has 0 saturated carbocycles. The van der Waals surface area contributed by atoms with Gasteiger partial charge in [0.1, 0.15) is 0 Å². The van der Waals surface area contributed by atoms with Crippen LogP contribution in [0.5, 0.6) is 0 Å². The summed E-state index contributed by atoms with van der Waals surface area (Å²) in [6, 6.07) is 11.6. The fourth-order valence-corrected chi connectivity index (χ4v) is 2.61. The van der Waals surface area contributed by atoms with Gasteiger partial charge in [-0.25, -0.2) is 0 Å². The lowest BCUT2D eigenvalue weighted by molar-refractivity contribution is -0.137. The summed E-state index contributed by atoms with van der Waals surface area (Å²) in [7, 11) is 0. The molecule has 1 atom stereocenters. The van der Waals surface area contributed by atoms with E-state index in [1.807, 2.05) is 0 Å². The molecule has 23 heavy (non-hydrogen) atoms. The van der Waals surface area contributed by atoms with Gasteiger partial charge in [0.05, 0.1) is 17.7 Å². The molecule has 2 N–H and O–H groups in total. The average molecular weight is 322 g/mol. The number of anilines is 2. The summed E-state index contributed by atoms with van der Waals surface area (Å²) in [6.07, 6.45) is -6.04. The molecule has 1 aliphatic rings. The second-order valence-corrected chi connectivity index (χ2v) is 5.13. The Hall–Kier alpha value is -2.54. The lowest BCUT2D eigenvalue weighted by Crippen LogP contribution is -2.43. The topological polar surface area (TPSA) is 52.6 Å². The van der Waals surface area contributed by atoms with Crippen LogP contribution in [0.3, 0.4) is 0 Å². The van der Waals surface area contributed by atoms with Gasteiger partial charge in [-0.05, 0) is 23.8 Å². The van der Waals surface area contributed by atoms with Crippen LogP contribution >= 0.6 is 0 Å². The predicted octanol–water partition coefficient (Wildman–Crippen LogP) is 2.98. The molecule has 0 aromatic heterocycles. The number of carbonyl (C=O) groups excluding carboxylic acids is 1. The number of hydrogen-bond acceptors (Lipinski definition) is 3. The molecule has 120 valence electrons. The second kappa shape index (κ2) is 5.58. The van der Waals surface area contributed by atoms with Crippen LogP contribution in [0, 0.1) is 0 Å². The van der Waals surface area contributed by atoms with E-state index in [1.54, 1.807) is 24.3 Å². The molecule has 0 saturated heterocycles. The van der Waals surface area contributed by atoms with Gasteiger partial charge in [-0.2, -0.15) is 13.2 Å². The number of benzene rings is 2. The SMILES string of the molecule is O=C1Cc2ccccc2N1C(O)Nc1ccccc1C(F)(F)F. The molecule has 1 aliphatic heterocycles. The van der Waals surface area contributed by atoms with E-state index in [0.29, 0.717) is 5.69 Å². The number of aliphatic hydroxyl groups is 1. The van der Waals surface area contributed by atoms with E-state index in [4.69, 9.17) is 0 Å². The highest BCUT2D eigenvalue weighted by molar-refractivity contribution is 6.01. The van der Waals surface area contributed by atoms with Crippen molar-refractivity contribution < 1.29 is 23.1 Å². The Kier molecular flexibility index (Phi) is 3.73. The van der Waals surface area contributed by atoms with E-state index in [1.165, 1.54) is 18.2 Å². The molecular formula is C16H13F3N2O2. The first kappa shape index (κ1) is 15.4. The maximum atomic E-state index is 13.0. The molecule has 0 spiro atoms. The Balaban J connectivity index is 1.89. The van der Waals surface area contributed by atoms with Crippen molar-refractivity contribution >= 4 is 17.3 Å². The highest BCUT2D eigenvalue weighted by atomic mass is 19.4. The van der Waals surface area contributed by atoms with Crippen molar-refractivity contribution in [1.82, 2.24) is 0 Å². The first-order valence-corrected chi connectivity index (χ1v) is 6.89. The number of hydrogen-bond donors (Lipinski definition) is 2. The normalized spacial score (nSPS) is 15.5. The number of rotatable bonds is 3. The highest BCUT2D eigenvalue weighted by Gasteiger charge is 2.36. The Labute approximate surface area is 130 Å². The van der Waals surface area contributed by atoms with Crippen molar-refractivity contribution in [3.8, 4) is 0 Å². The zero-order chi connectivity index (χ0) is 16.6. The molecule has 1 unspecified atom stereocenters. The number of nitrogens with zero attached hydrogens (tertiary/aromatic N) is 1. The van der Waals surface area contributed by atoms with Crippen LogP contribution in [0.25, 0.3) is 0 Å². The van der Waals surface area contributed by atoms with Crippen molar-refractivity contribution in [3.05, 3.63) is 59.7 Å². The third-order valence-electron chi connectivity index (χ3n) is 3.62. The lowest BCUT2D eigenvalue weighted by atomic mass is 10.1. The molecular weight excluding hydrogens is 309 g/mol. The molecule has 0 aliphatic carbocycles. The van der Waals surface area contributed by atoms with Crippen molar-refractivity contribution in [2.75, 3.05) is 10.2 Å². The number of carbonyl (C=O) groups is 1. The summed E-state index contributed by atoms with van der Waals surface area (Å²) >= 11 is 0. The minimum atomic E-state index is -4.56. The first-order chi connectivity index (χ1) is 10.9. The average Bonchev–Trinajstić information content (AvgIpc) is 2.82. The third-order valence-corrected chi connectivity index (χ3v) is 3.62. The lowest BCUT2D eigenvalue weighted by Gasteiger charge is -2.26. The molecule has 0 radical (unpaired) electrons. The second-order valence-electron chi connectivity index (χ2n) is 5.13. The van der Waals surface area contributed by atoms with E-state index in [9.17, 15) is 23.1 Å². The van der Waals surface area contributed by atoms with Crippen LogP contribution in [0.4, 0.5) is 24.5 Å². The molecule has 0 fully saturated rings. The van der Waals surface area contributed by atoms with Crippen molar-refractivity contribution in [2.45, 2.75) is 18.9 Å². The Bertz CT molecular complexity index is 746. The fraction of sp³-hybridized carbons (Fsp3) is 0.188. The van der Waals surface area contributed by atoms with E-state index < -0.39 is 18.1 Å². The highest BCUT2D eigenvalue weighted by Crippen LogP contribution is 2.36. The van der Waals surface area contributed by atoms with Crippen LogP contribution in [0.15, 0.2) is 48.5 Å². The number of fused-ring (bicyclic) bond motifs is 1. The van der Waals surface area contributed by atoms with E-state index in [-0.39, 0.29) is 18.0 Å². The first-order valence-electron chi connectivity index (χ1n) is 6.89. The van der Waals surface area contributed by atoms with Gasteiger partial charge in [0.15, 0.2) is 0 Å². The largest absolute Gasteiger partial charge is 0.418 e. The predicted molar refractivity (Wildman–Crippen MR) is 78.7 cm³/mol. The van der Waals surface area contributed by atoms with Gasteiger partial charge < -0.3 is 10.4 Å². The monoisotopic (exact) mass is 322 g/mol. The Morgan fingerprint density at radius 1 is 1.09 bits per heavy atom. The van der Waals surface area contributed by atoms with Gasteiger partial charge >= 0.3 is 6.18 Å². The standard InChI is InChI=1S/C16H13F3N2O2/c17-16(18,19)11-6-2-3-7-12(11)20-15(23)21-13-8-4-1-5-10(13)9-14(21)22/h1-8,15,20,23H,9H2. The van der Waals surface area contributed by atoms with E-state index in [0.717, 1.165) is 16.5 Å². The molecule has 1 amide bonds. The van der Waals surface area contributed by atoms with Crippen LogP contribution in [-0.2, 0) is 17.4 Å². The molecule has 2 aromatic rings. The van der Waals surface area contributed by atoms with Crippen molar-refractivity contribution in [1.29, 1.82) is 0 Å². The van der Waals surface area contributed by atoms with Crippen molar-refractivity contribution in [2.24, 2.45) is 0 Å². The third kappa shape index (κ3) is 2.87. The zero-order valence-electron chi connectivity index (χ0n) is 11.8. The molecule has 3 rings (SSSR count). The minimum absolute atomic E-state index is 0.107. The number of aliphatic hydroxyl groups excluding tert-OH is 1. The van der Waals surface area contributed by atoms with E-state index in [2.05, 4.69) is 5.32 Å². The van der Waals surface area contributed by atoms with Crippen LogP contribution in [0.1, 0.15) is 11.1 Å².